The summed E-state index contributed by atoms with van der Waals surface area (Å²) in [5, 5.41) is 0. The minimum absolute atomic E-state index is 0.576. The van der Waals surface area contributed by atoms with Crippen molar-refractivity contribution in [2.75, 3.05) is 0 Å². The largest absolute Gasteiger partial charge is 0.298 e. The molecular weight excluding hydrogens is 292 g/mol. The van der Waals surface area contributed by atoms with Crippen molar-refractivity contribution in [2.24, 2.45) is 0 Å². The molecule has 0 radical (unpaired) electrons. The van der Waals surface area contributed by atoms with E-state index in [4.69, 9.17) is 0 Å². The predicted molar refractivity (Wildman–Crippen MR) is 96.7 cm³/mol. The molecule has 3 aromatic carbocycles. The van der Waals surface area contributed by atoms with Crippen molar-refractivity contribution in [1.29, 1.82) is 0 Å². The molecule has 0 N–H and O–H groups in total. The third-order valence-electron chi connectivity index (χ3n) is 3.34. The average molecular weight is 306 g/mol. The van der Waals surface area contributed by atoms with E-state index in [0.29, 0.717) is 5.56 Å². The number of benzene rings is 3. The van der Waals surface area contributed by atoms with E-state index in [9.17, 15) is 4.79 Å². The Morgan fingerprint density at radius 1 is 0.542 bits per heavy atom. The Labute approximate surface area is 142 Å². The van der Waals surface area contributed by atoms with E-state index >= 15 is 0 Å². The summed E-state index contributed by atoms with van der Waals surface area (Å²) in [6, 6.07) is 25.0. The van der Waals surface area contributed by atoms with Crippen LogP contribution in [0.4, 0.5) is 0 Å². The van der Waals surface area contributed by atoms with Crippen molar-refractivity contribution in [2.45, 2.75) is 0 Å². The van der Waals surface area contributed by atoms with Crippen molar-refractivity contribution in [3.63, 3.8) is 0 Å². The number of hydrogen-bond donors (Lipinski definition) is 0. The van der Waals surface area contributed by atoms with Crippen LogP contribution in [-0.2, 0) is 0 Å². The standard InChI is InChI=1S/C23H14O/c24-18-23-16-21(13-11-19-7-3-1-4-8-19)15-22(17-23)14-12-20-9-5-2-6-10-20/h1-10,15-18H. The molecule has 112 valence electrons. The summed E-state index contributed by atoms with van der Waals surface area (Å²) in [6.45, 7) is 0. The maximum Gasteiger partial charge on any atom is 0.150 e. The van der Waals surface area contributed by atoms with Gasteiger partial charge in [-0.2, -0.15) is 0 Å². The maximum absolute atomic E-state index is 11.2. The molecule has 0 saturated carbocycles. The second-order valence-corrected chi connectivity index (χ2v) is 5.19. The van der Waals surface area contributed by atoms with Gasteiger partial charge in [-0.15, -0.1) is 0 Å². The molecule has 0 saturated heterocycles. The van der Waals surface area contributed by atoms with Crippen molar-refractivity contribution in [3.8, 4) is 23.7 Å². The molecule has 1 nitrogen and oxygen atoms in total. The highest BCUT2D eigenvalue weighted by molar-refractivity contribution is 5.77. The molecule has 3 rings (SSSR count). The summed E-state index contributed by atoms with van der Waals surface area (Å²) in [5.41, 5.74) is 4.01. The van der Waals surface area contributed by atoms with Gasteiger partial charge in [0.05, 0.1) is 0 Å². The molecular formula is C23H14O. The smallest absolute Gasteiger partial charge is 0.150 e. The summed E-state index contributed by atoms with van der Waals surface area (Å²) in [4.78, 5) is 11.2. The van der Waals surface area contributed by atoms with Crippen LogP contribution in [0.25, 0.3) is 0 Å². The molecule has 0 amide bonds. The van der Waals surface area contributed by atoms with Gasteiger partial charge in [0.2, 0.25) is 0 Å². The summed E-state index contributed by atoms with van der Waals surface area (Å²) >= 11 is 0. The molecule has 0 aliphatic heterocycles. The summed E-state index contributed by atoms with van der Waals surface area (Å²) in [5.74, 6) is 12.4. The Kier molecular flexibility index (Phi) is 4.88. The van der Waals surface area contributed by atoms with Gasteiger partial charge in [-0.1, -0.05) is 60.1 Å². The summed E-state index contributed by atoms with van der Waals surface area (Å²) < 4.78 is 0. The molecule has 0 aliphatic rings. The first-order valence-corrected chi connectivity index (χ1v) is 7.58. The Bertz CT molecular complexity index is 887. The van der Waals surface area contributed by atoms with Gasteiger partial charge in [0, 0.05) is 27.8 Å². The molecule has 0 aliphatic carbocycles. The molecule has 0 unspecified atom stereocenters. The molecule has 3 aromatic rings. The fraction of sp³-hybridized carbons (Fsp3) is 0. The van der Waals surface area contributed by atoms with Crippen LogP contribution in [-0.4, -0.2) is 6.29 Å². The van der Waals surface area contributed by atoms with E-state index in [2.05, 4.69) is 23.7 Å². The van der Waals surface area contributed by atoms with Gasteiger partial charge >= 0.3 is 0 Å². The lowest BCUT2D eigenvalue weighted by atomic mass is 10.1. The van der Waals surface area contributed by atoms with Gasteiger partial charge < -0.3 is 0 Å². The third kappa shape index (κ3) is 4.23. The predicted octanol–water partition coefficient (Wildman–Crippen LogP) is 4.30. The first kappa shape index (κ1) is 15.3. The van der Waals surface area contributed by atoms with Crippen LogP contribution < -0.4 is 0 Å². The van der Waals surface area contributed by atoms with Crippen molar-refractivity contribution < 1.29 is 4.79 Å². The number of hydrogen-bond acceptors (Lipinski definition) is 1. The van der Waals surface area contributed by atoms with E-state index in [1.165, 1.54) is 0 Å². The SMILES string of the molecule is O=Cc1cc(C#Cc2ccccc2)cc(C#Cc2ccccc2)c1. The molecule has 0 bridgehead atoms. The lowest BCUT2D eigenvalue weighted by Crippen LogP contribution is -1.87. The average Bonchev–Trinajstić information content (AvgIpc) is 2.66. The van der Waals surface area contributed by atoms with E-state index in [-0.39, 0.29) is 0 Å². The van der Waals surface area contributed by atoms with E-state index < -0.39 is 0 Å². The Balaban J connectivity index is 1.93. The van der Waals surface area contributed by atoms with Gasteiger partial charge in [-0.3, -0.25) is 4.79 Å². The Morgan fingerprint density at radius 3 is 1.38 bits per heavy atom. The molecule has 0 fully saturated rings. The van der Waals surface area contributed by atoms with Gasteiger partial charge in [-0.05, 0) is 42.5 Å². The third-order valence-corrected chi connectivity index (χ3v) is 3.34. The zero-order valence-electron chi connectivity index (χ0n) is 13.0. The van der Waals surface area contributed by atoms with Crippen LogP contribution in [0.5, 0.6) is 0 Å². The second-order valence-electron chi connectivity index (χ2n) is 5.19. The molecule has 0 heterocycles. The molecule has 0 atom stereocenters. The normalized spacial score (nSPS) is 9.17. The van der Waals surface area contributed by atoms with Crippen LogP contribution >= 0.6 is 0 Å². The highest BCUT2D eigenvalue weighted by Gasteiger charge is 1.97. The zero-order chi connectivity index (χ0) is 16.6. The van der Waals surface area contributed by atoms with Gasteiger partial charge in [0.1, 0.15) is 6.29 Å². The minimum atomic E-state index is 0.576. The van der Waals surface area contributed by atoms with Crippen LogP contribution in [0, 0.1) is 23.7 Å². The van der Waals surface area contributed by atoms with E-state index in [1.54, 1.807) is 12.1 Å². The van der Waals surface area contributed by atoms with Gasteiger partial charge in [-0.25, -0.2) is 0 Å². The number of carbonyl (C=O) groups is 1. The van der Waals surface area contributed by atoms with Crippen LogP contribution in [0.15, 0.2) is 78.9 Å². The first-order chi connectivity index (χ1) is 11.8. The fourth-order valence-electron chi connectivity index (χ4n) is 2.20. The minimum Gasteiger partial charge on any atom is -0.298 e. The summed E-state index contributed by atoms with van der Waals surface area (Å²) in [7, 11) is 0. The van der Waals surface area contributed by atoms with Crippen LogP contribution in [0.1, 0.15) is 32.6 Å². The van der Waals surface area contributed by atoms with Crippen LogP contribution in [0.3, 0.4) is 0 Å². The first-order valence-electron chi connectivity index (χ1n) is 7.58. The van der Waals surface area contributed by atoms with Crippen LogP contribution in [0.2, 0.25) is 0 Å². The summed E-state index contributed by atoms with van der Waals surface area (Å²) in [6.07, 6.45) is 0.821. The van der Waals surface area contributed by atoms with E-state index in [1.807, 2.05) is 66.7 Å². The lowest BCUT2D eigenvalue weighted by molar-refractivity contribution is 0.112. The van der Waals surface area contributed by atoms with E-state index in [0.717, 1.165) is 28.5 Å². The quantitative estimate of drug-likeness (QED) is 0.484. The van der Waals surface area contributed by atoms with Gasteiger partial charge in [0.25, 0.3) is 0 Å². The lowest BCUT2D eigenvalue weighted by Gasteiger charge is -1.97. The number of rotatable bonds is 1. The second kappa shape index (κ2) is 7.63. The monoisotopic (exact) mass is 306 g/mol. The topological polar surface area (TPSA) is 17.1 Å². The molecule has 24 heavy (non-hydrogen) atoms. The maximum atomic E-state index is 11.2. The Morgan fingerprint density at radius 2 is 0.958 bits per heavy atom. The van der Waals surface area contributed by atoms with Crippen molar-refractivity contribution in [1.82, 2.24) is 0 Å². The number of carbonyl (C=O) groups excluding carboxylic acids is 1. The zero-order valence-corrected chi connectivity index (χ0v) is 13.0. The highest BCUT2D eigenvalue weighted by Crippen LogP contribution is 2.08. The molecule has 0 spiro atoms. The Hall–Kier alpha value is -3.55. The number of aldehydes is 1. The van der Waals surface area contributed by atoms with Crippen molar-refractivity contribution >= 4 is 6.29 Å². The van der Waals surface area contributed by atoms with Crippen molar-refractivity contribution in [3.05, 3.63) is 107 Å². The highest BCUT2D eigenvalue weighted by atomic mass is 16.1. The van der Waals surface area contributed by atoms with Gasteiger partial charge in [0.15, 0.2) is 0 Å². The fourth-order valence-corrected chi connectivity index (χ4v) is 2.20. The molecule has 1 heteroatoms. The molecule has 0 aromatic heterocycles.